The number of carboxylic acids is 1. The number of aliphatic carboxylic acids is 1. The second kappa shape index (κ2) is 4.50. The zero-order chi connectivity index (χ0) is 10.6. The molecule has 1 atom stereocenters. The summed E-state index contributed by atoms with van der Waals surface area (Å²) >= 11 is 0. The molecule has 76 valence electrons. The first-order valence-electron chi connectivity index (χ1n) is 4.17. The molecule has 1 aromatic rings. The third kappa shape index (κ3) is 2.39. The van der Waals surface area contributed by atoms with Crippen LogP contribution in [0.3, 0.4) is 0 Å². The molecule has 0 aliphatic rings. The summed E-state index contributed by atoms with van der Waals surface area (Å²) in [6.07, 6.45) is -0.883. The SMILES string of the molecule is COc1ccccc1O[C@H](C)C(=O)O. The number of rotatable bonds is 4. The van der Waals surface area contributed by atoms with E-state index in [0.29, 0.717) is 11.5 Å². The van der Waals surface area contributed by atoms with Gasteiger partial charge in [-0.15, -0.1) is 0 Å². The van der Waals surface area contributed by atoms with E-state index in [-0.39, 0.29) is 0 Å². The Morgan fingerprint density at radius 2 is 1.93 bits per heavy atom. The second-order valence-electron chi connectivity index (χ2n) is 2.75. The molecule has 1 rings (SSSR count). The highest BCUT2D eigenvalue weighted by atomic mass is 16.5. The molecule has 0 fully saturated rings. The standard InChI is InChI=1S/C10H12O4/c1-7(10(11)12)14-9-6-4-3-5-8(9)13-2/h3-7H,1-2H3,(H,11,12)/t7-/m1/s1. The van der Waals surface area contributed by atoms with Gasteiger partial charge in [0.2, 0.25) is 0 Å². The molecule has 0 heterocycles. The fourth-order valence-electron chi connectivity index (χ4n) is 0.957. The van der Waals surface area contributed by atoms with Gasteiger partial charge in [0.05, 0.1) is 7.11 Å². The van der Waals surface area contributed by atoms with Crippen molar-refractivity contribution in [1.29, 1.82) is 0 Å². The minimum absolute atomic E-state index is 0.435. The van der Waals surface area contributed by atoms with Crippen LogP contribution in [0.5, 0.6) is 11.5 Å². The average Bonchev–Trinajstić information content (AvgIpc) is 2.18. The molecule has 0 bridgehead atoms. The van der Waals surface area contributed by atoms with Gasteiger partial charge in [0.1, 0.15) is 0 Å². The van der Waals surface area contributed by atoms with Crippen molar-refractivity contribution in [3.8, 4) is 11.5 Å². The van der Waals surface area contributed by atoms with Crippen molar-refractivity contribution in [2.24, 2.45) is 0 Å². The topological polar surface area (TPSA) is 55.8 Å². The van der Waals surface area contributed by atoms with E-state index < -0.39 is 12.1 Å². The summed E-state index contributed by atoms with van der Waals surface area (Å²) in [4.78, 5) is 10.5. The molecule has 0 unspecified atom stereocenters. The van der Waals surface area contributed by atoms with Crippen LogP contribution in [-0.2, 0) is 4.79 Å². The molecule has 0 radical (unpaired) electrons. The van der Waals surface area contributed by atoms with Crippen molar-refractivity contribution in [1.82, 2.24) is 0 Å². The van der Waals surface area contributed by atoms with E-state index in [2.05, 4.69) is 0 Å². The van der Waals surface area contributed by atoms with Crippen LogP contribution < -0.4 is 9.47 Å². The van der Waals surface area contributed by atoms with Gasteiger partial charge < -0.3 is 14.6 Å². The quantitative estimate of drug-likeness (QED) is 0.793. The molecule has 14 heavy (non-hydrogen) atoms. The summed E-state index contributed by atoms with van der Waals surface area (Å²) in [7, 11) is 1.51. The van der Waals surface area contributed by atoms with Gasteiger partial charge >= 0.3 is 5.97 Å². The lowest BCUT2D eigenvalue weighted by atomic mass is 10.3. The Bertz CT molecular complexity index is 322. The Hall–Kier alpha value is -1.71. The van der Waals surface area contributed by atoms with Gasteiger partial charge in [0.15, 0.2) is 17.6 Å². The fourth-order valence-corrected chi connectivity index (χ4v) is 0.957. The first kappa shape index (κ1) is 10.4. The molecular formula is C10H12O4. The van der Waals surface area contributed by atoms with E-state index in [4.69, 9.17) is 14.6 Å². The maximum Gasteiger partial charge on any atom is 0.344 e. The van der Waals surface area contributed by atoms with E-state index in [9.17, 15) is 4.79 Å². The molecule has 0 aliphatic carbocycles. The Morgan fingerprint density at radius 1 is 1.36 bits per heavy atom. The number of hydrogen-bond acceptors (Lipinski definition) is 3. The third-order valence-corrected chi connectivity index (χ3v) is 1.72. The Kier molecular flexibility index (Phi) is 3.34. The second-order valence-corrected chi connectivity index (χ2v) is 2.75. The molecule has 0 aromatic heterocycles. The minimum Gasteiger partial charge on any atom is -0.493 e. The first-order valence-corrected chi connectivity index (χ1v) is 4.17. The normalized spacial score (nSPS) is 11.9. The van der Waals surface area contributed by atoms with Gasteiger partial charge in [-0.2, -0.15) is 0 Å². The van der Waals surface area contributed by atoms with Crippen molar-refractivity contribution in [3.05, 3.63) is 24.3 Å². The van der Waals surface area contributed by atoms with E-state index in [1.54, 1.807) is 24.3 Å². The maximum atomic E-state index is 10.5. The highest BCUT2D eigenvalue weighted by molar-refractivity contribution is 5.72. The van der Waals surface area contributed by atoms with Crippen LogP contribution in [0.1, 0.15) is 6.92 Å². The number of carboxylic acid groups (broad SMARTS) is 1. The molecule has 1 N–H and O–H groups in total. The molecule has 4 heteroatoms. The number of benzene rings is 1. The van der Waals surface area contributed by atoms with Crippen molar-refractivity contribution in [2.45, 2.75) is 13.0 Å². The summed E-state index contributed by atoms with van der Waals surface area (Å²) in [6, 6.07) is 6.92. The van der Waals surface area contributed by atoms with Crippen LogP contribution in [0.25, 0.3) is 0 Å². The molecule has 4 nitrogen and oxygen atoms in total. The summed E-state index contributed by atoms with van der Waals surface area (Å²) in [6.45, 7) is 1.47. The predicted octanol–water partition coefficient (Wildman–Crippen LogP) is 1.55. The summed E-state index contributed by atoms with van der Waals surface area (Å²) in [5.41, 5.74) is 0. The number of ether oxygens (including phenoxy) is 2. The van der Waals surface area contributed by atoms with E-state index >= 15 is 0 Å². The van der Waals surface area contributed by atoms with Crippen molar-refractivity contribution >= 4 is 5.97 Å². The smallest absolute Gasteiger partial charge is 0.344 e. The van der Waals surface area contributed by atoms with Crippen LogP contribution in [0, 0.1) is 0 Å². The van der Waals surface area contributed by atoms with Crippen LogP contribution in [0.15, 0.2) is 24.3 Å². The lowest BCUT2D eigenvalue weighted by Crippen LogP contribution is -2.23. The number of hydrogen-bond donors (Lipinski definition) is 1. The van der Waals surface area contributed by atoms with Crippen LogP contribution in [0.4, 0.5) is 0 Å². The van der Waals surface area contributed by atoms with Crippen molar-refractivity contribution in [3.63, 3.8) is 0 Å². The van der Waals surface area contributed by atoms with E-state index in [1.807, 2.05) is 0 Å². The number of carbonyl (C=O) groups is 1. The average molecular weight is 196 g/mol. The number of para-hydroxylation sites is 2. The van der Waals surface area contributed by atoms with Gasteiger partial charge in [-0.05, 0) is 19.1 Å². The van der Waals surface area contributed by atoms with Gasteiger partial charge in [0.25, 0.3) is 0 Å². The lowest BCUT2D eigenvalue weighted by Gasteiger charge is -2.12. The van der Waals surface area contributed by atoms with Gasteiger partial charge in [-0.3, -0.25) is 0 Å². The Labute approximate surface area is 82.1 Å². The van der Waals surface area contributed by atoms with Gasteiger partial charge in [-0.1, -0.05) is 12.1 Å². The van der Waals surface area contributed by atoms with Crippen LogP contribution in [0.2, 0.25) is 0 Å². The molecular weight excluding hydrogens is 184 g/mol. The molecule has 1 aromatic carbocycles. The van der Waals surface area contributed by atoms with Crippen molar-refractivity contribution < 1.29 is 19.4 Å². The van der Waals surface area contributed by atoms with Crippen LogP contribution in [-0.4, -0.2) is 24.3 Å². The van der Waals surface area contributed by atoms with E-state index in [0.717, 1.165) is 0 Å². The zero-order valence-corrected chi connectivity index (χ0v) is 8.06. The first-order chi connectivity index (χ1) is 6.65. The maximum absolute atomic E-state index is 10.5. The Morgan fingerprint density at radius 3 is 2.43 bits per heavy atom. The highest BCUT2D eigenvalue weighted by Crippen LogP contribution is 2.26. The summed E-state index contributed by atoms with van der Waals surface area (Å²) in [5, 5.41) is 8.64. The minimum atomic E-state index is -1.00. The number of methoxy groups -OCH3 is 1. The van der Waals surface area contributed by atoms with E-state index in [1.165, 1.54) is 14.0 Å². The predicted molar refractivity (Wildman–Crippen MR) is 50.7 cm³/mol. The molecule has 0 aliphatic heterocycles. The zero-order valence-electron chi connectivity index (χ0n) is 8.06. The van der Waals surface area contributed by atoms with Gasteiger partial charge in [-0.25, -0.2) is 4.79 Å². The lowest BCUT2D eigenvalue weighted by molar-refractivity contribution is -0.144. The van der Waals surface area contributed by atoms with Crippen LogP contribution >= 0.6 is 0 Å². The largest absolute Gasteiger partial charge is 0.493 e. The highest BCUT2D eigenvalue weighted by Gasteiger charge is 2.14. The Balaban J connectivity index is 2.80. The third-order valence-electron chi connectivity index (χ3n) is 1.72. The fraction of sp³-hybridized carbons (Fsp3) is 0.300. The summed E-state index contributed by atoms with van der Waals surface area (Å²) in [5.74, 6) is -0.0404. The van der Waals surface area contributed by atoms with Gasteiger partial charge in [0, 0.05) is 0 Å². The molecule has 0 amide bonds. The molecule has 0 saturated heterocycles. The monoisotopic (exact) mass is 196 g/mol. The van der Waals surface area contributed by atoms with Crippen molar-refractivity contribution in [2.75, 3.05) is 7.11 Å². The summed E-state index contributed by atoms with van der Waals surface area (Å²) < 4.78 is 10.2. The molecule has 0 spiro atoms. The molecule has 0 saturated carbocycles.